The monoisotopic (exact) mass is 386 g/mol. The number of H-pyrrole nitrogens is 1. The first-order valence-electron chi connectivity index (χ1n) is 7.78. The Morgan fingerprint density at radius 2 is 1.96 bits per heavy atom. The van der Waals surface area contributed by atoms with Gasteiger partial charge in [0.05, 0.1) is 9.90 Å². The highest BCUT2D eigenvalue weighted by atomic mass is 35.5. The van der Waals surface area contributed by atoms with E-state index in [-0.39, 0.29) is 5.82 Å². The molecule has 1 N–H and O–H groups in total. The minimum Gasteiger partial charge on any atom is -0.460 e. The molecule has 0 atom stereocenters. The number of aromatic nitrogens is 1. The molecule has 0 unspecified atom stereocenters. The second-order valence-electron chi connectivity index (χ2n) is 6.02. The minimum absolute atomic E-state index is 0.316. The van der Waals surface area contributed by atoms with Gasteiger partial charge in [0.25, 0.3) is 5.52 Å². The number of halogens is 2. The van der Waals surface area contributed by atoms with Crippen LogP contribution in [0.4, 0.5) is 4.39 Å². The SMILES string of the molecule is Cc1cc2cc3[nH+]c(=O)oc3cc2c(-c2sc3cc(F)ccc3c2Cl)o1. The maximum absolute atomic E-state index is 13.6. The number of hydrogen-bond acceptors (Lipinski definition) is 4. The Morgan fingerprint density at radius 3 is 2.81 bits per heavy atom. The molecule has 0 amide bonds. The summed E-state index contributed by atoms with van der Waals surface area (Å²) in [6.45, 7) is 1.84. The number of rotatable bonds is 1. The summed E-state index contributed by atoms with van der Waals surface area (Å²) in [6.07, 6.45) is 0. The third-order valence-corrected chi connectivity index (χ3v) is 5.91. The minimum atomic E-state index is -0.513. The van der Waals surface area contributed by atoms with Crippen molar-refractivity contribution < 1.29 is 18.2 Å². The Hall–Kier alpha value is -2.70. The maximum atomic E-state index is 13.6. The number of thiophene rings is 1. The molecular formula is C19H10ClFNO3S+. The van der Waals surface area contributed by atoms with Gasteiger partial charge >= 0.3 is 5.76 Å². The average molecular weight is 387 g/mol. The van der Waals surface area contributed by atoms with E-state index in [1.165, 1.54) is 23.5 Å². The van der Waals surface area contributed by atoms with E-state index in [4.69, 9.17) is 20.4 Å². The van der Waals surface area contributed by atoms with Gasteiger partial charge in [0.1, 0.15) is 11.6 Å². The van der Waals surface area contributed by atoms with Gasteiger partial charge in [0, 0.05) is 21.5 Å². The van der Waals surface area contributed by atoms with Crippen molar-refractivity contribution in [1.29, 1.82) is 0 Å². The van der Waals surface area contributed by atoms with E-state index in [9.17, 15) is 9.18 Å². The first kappa shape index (κ1) is 15.5. The highest BCUT2D eigenvalue weighted by Gasteiger charge is 2.20. The van der Waals surface area contributed by atoms with Gasteiger partial charge < -0.3 is 8.83 Å². The van der Waals surface area contributed by atoms with E-state index >= 15 is 0 Å². The summed E-state index contributed by atoms with van der Waals surface area (Å²) in [5.41, 5.74) is 1.05. The molecule has 0 spiro atoms. The number of nitrogens with one attached hydrogen (secondary N) is 1. The van der Waals surface area contributed by atoms with E-state index < -0.39 is 5.76 Å². The topological polar surface area (TPSA) is 57.5 Å². The molecule has 0 saturated carbocycles. The number of aryl methyl sites for hydroxylation is 1. The van der Waals surface area contributed by atoms with E-state index in [2.05, 4.69) is 4.98 Å². The highest BCUT2D eigenvalue weighted by Crippen LogP contribution is 2.45. The molecule has 5 aromatic rings. The smallest absolute Gasteiger partial charge is 0.460 e. The molecule has 0 aliphatic rings. The van der Waals surface area contributed by atoms with Crippen molar-refractivity contribution in [3.8, 4) is 10.6 Å². The van der Waals surface area contributed by atoms with Crippen LogP contribution in [0.25, 0.3) is 42.6 Å². The van der Waals surface area contributed by atoms with Crippen molar-refractivity contribution in [3.63, 3.8) is 0 Å². The molecule has 0 aliphatic heterocycles. The number of benzene rings is 2. The Bertz CT molecular complexity index is 1400. The lowest BCUT2D eigenvalue weighted by Gasteiger charge is -2.06. The third kappa shape index (κ3) is 2.26. The van der Waals surface area contributed by atoms with Crippen LogP contribution in [-0.4, -0.2) is 0 Å². The molecule has 5 rings (SSSR count). The third-order valence-electron chi connectivity index (χ3n) is 4.26. The predicted molar refractivity (Wildman–Crippen MR) is 99.3 cm³/mol. The summed E-state index contributed by atoms with van der Waals surface area (Å²) in [5, 5.41) is 2.93. The van der Waals surface area contributed by atoms with Crippen LogP contribution in [0.1, 0.15) is 5.76 Å². The van der Waals surface area contributed by atoms with Crippen molar-refractivity contribution in [2.45, 2.75) is 6.92 Å². The number of fused-ring (bicyclic) bond motifs is 3. The summed E-state index contributed by atoms with van der Waals surface area (Å²) >= 11 is 7.93. The standard InChI is InChI=1S/C19H9ClFNO3S/c1-8-4-9-5-13-14(25-19(23)22-13)7-12(9)17(24-8)18-16(20)11-3-2-10(21)6-15(11)26-18/h2-7H,1H3/p+1. The molecule has 26 heavy (non-hydrogen) atoms. The first-order chi connectivity index (χ1) is 12.5. The van der Waals surface area contributed by atoms with Gasteiger partial charge in [0.15, 0.2) is 5.76 Å². The molecule has 0 fully saturated rings. The number of oxazole rings is 1. The van der Waals surface area contributed by atoms with Gasteiger partial charge in [-0.15, -0.1) is 16.3 Å². The molecule has 4 nitrogen and oxygen atoms in total. The predicted octanol–water partition coefficient (Wildman–Crippen LogP) is 5.34. The molecule has 128 valence electrons. The summed E-state index contributed by atoms with van der Waals surface area (Å²) in [6, 6.07) is 9.97. The highest BCUT2D eigenvalue weighted by molar-refractivity contribution is 7.23. The zero-order valence-electron chi connectivity index (χ0n) is 13.4. The zero-order valence-corrected chi connectivity index (χ0v) is 14.9. The van der Waals surface area contributed by atoms with Crippen LogP contribution in [0.15, 0.2) is 50.0 Å². The normalized spacial score (nSPS) is 11.8. The lowest BCUT2D eigenvalue weighted by Crippen LogP contribution is -2.19. The fraction of sp³-hybridized carbons (Fsp3) is 0.0526. The van der Waals surface area contributed by atoms with Crippen molar-refractivity contribution in [2.75, 3.05) is 0 Å². The molecular weight excluding hydrogens is 377 g/mol. The zero-order chi connectivity index (χ0) is 18.0. The Kier molecular flexibility index (Phi) is 3.23. The van der Waals surface area contributed by atoms with Gasteiger partial charge in [-0.1, -0.05) is 11.6 Å². The van der Waals surface area contributed by atoms with Gasteiger partial charge in [0.2, 0.25) is 5.58 Å². The fourth-order valence-corrected chi connectivity index (χ4v) is 4.69. The summed E-state index contributed by atoms with van der Waals surface area (Å²) in [7, 11) is 0. The van der Waals surface area contributed by atoms with Gasteiger partial charge in [-0.25, -0.2) is 4.39 Å². The first-order valence-corrected chi connectivity index (χ1v) is 8.97. The van der Waals surface area contributed by atoms with Crippen LogP contribution in [-0.2, 0) is 0 Å². The van der Waals surface area contributed by atoms with E-state index in [0.717, 1.165) is 20.9 Å². The van der Waals surface area contributed by atoms with Crippen molar-refractivity contribution in [1.82, 2.24) is 0 Å². The second kappa shape index (κ2) is 5.40. The number of aromatic amines is 1. The molecule has 3 heterocycles. The van der Waals surface area contributed by atoms with E-state index in [1.807, 2.05) is 19.1 Å². The average Bonchev–Trinajstić information content (AvgIpc) is 3.10. The fourth-order valence-electron chi connectivity index (χ4n) is 3.15. The Morgan fingerprint density at radius 1 is 1.12 bits per heavy atom. The van der Waals surface area contributed by atoms with Crippen LogP contribution in [0.2, 0.25) is 5.02 Å². The quantitative estimate of drug-likeness (QED) is 0.391. The molecule has 7 heteroatoms. The Labute approximate surface area is 154 Å². The summed E-state index contributed by atoms with van der Waals surface area (Å²) in [4.78, 5) is 14.8. The Balaban J connectivity index is 1.90. The van der Waals surface area contributed by atoms with Gasteiger partial charge in [-0.2, -0.15) is 4.79 Å². The van der Waals surface area contributed by atoms with Crippen molar-refractivity contribution in [2.24, 2.45) is 0 Å². The van der Waals surface area contributed by atoms with Gasteiger partial charge in [-0.05, 0) is 42.6 Å². The van der Waals surface area contributed by atoms with E-state index in [1.54, 1.807) is 12.1 Å². The molecule has 0 saturated heterocycles. The summed E-state index contributed by atoms with van der Waals surface area (Å²) < 4.78 is 25.5. The van der Waals surface area contributed by atoms with Crippen LogP contribution in [0.3, 0.4) is 0 Å². The van der Waals surface area contributed by atoms with Crippen LogP contribution < -0.4 is 10.7 Å². The summed E-state index contributed by atoms with van der Waals surface area (Å²) in [5.74, 6) is 0.430. The van der Waals surface area contributed by atoms with Gasteiger partial charge in [-0.3, -0.25) is 0 Å². The van der Waals surface area contributed by atoms with Crippen LogP contribution in [0.5, 0.6) is 0 Å². The lowest BCUT2D eigenvalue weighted by atomic mass is 10.1. The largest absolute Gasteiger partial charge is 0.601 e. The van der Waals surface area contributed by atoms with Crippen LogP contribution >= 0.6 is 22.9 Å². The van der Waals surface area contributed by atoms with Crippen LogP contribution in [0, 0.1) is 12.7 Å². The van der Waals surface area contributed by atoms with E-state index in [0.29, 0.717) is 32.5 Å². The molecule has 3 aromatic heterocycles. The van der Waals surface area contributed by atoms with Crippen molar-refractivity contribution >= 4 is 54.9 Å². The molecule has 2 aromatic carbocycles. The van der Waals surface area contributed by atoms with Crippen molar-refractivity contribution in [3.05, 3.63) is 63.5 Å². The second-order valence-corrected chi connectivity index (χ2v) is 7.45. The maximum Gasteiger partial charge on any atom is 0.601 e. The molecule has 0 bridgehead atoms. The molecule has 0 radical (unpaired) electrons. The molecule has 0 aliphatic carbocycles. The number of hydrogen-bond donors (Lipinski definition) is 0. The lowest BCUT2D eigenvalue weighted by molar-refractivity contribution is -0.376.